The zero-order chi connectivity index (χ0) is 16.2. The third kappa shape index (κ3) is 5.11. The summed E-state index contributed by atoms with van der Waals surface area (Å²) in [5.74, 6) is 0.622. The maximum absolute atomic E-state index is 12.4. The number of benzene rings is 1. The van der Waals surface area contributed by atoms with Crippen molar-refractivity contribution >= 4 is 33.2 Å². The fourth-order valence-corrected chi connectivity index (χ4v) is 3.76. The van der Waals surface area contributed by atoms with Gasteiger partial charge >= 0.3 is 0 Å². The third-order valence-corrected chi connectivity index (χ3v) is 5.69. The van der Waals surface area contributed by atoms with Crippen LogP contribution < -0.4 is 10.0 Å². The van der Waals surface area contributed by atoms with Crippen LogP contribution in [-0.2, 0) is 16.6 Å². The average molecular weight is 353 g/mol. The first-order chi connectivity index (χ1) is 9.69. The van der Waals surface area contributed by atoms with Crippen LogP contribution >= 0.6 is 23.2 Å². The number of sulfonamides is 1. The average Bonchev–Trinajstić information content (AvgIpc) is 2.39. The van der Waals surface area contributed by atoms with E-state index in [1.54, 1.807) is 13.1 Å². The molecule has 0 aromatic heterocycles. The molecule has 1 atom stereocenters. The van der Waals surface area contributed by atoms with Gasteiger partial charge in [-0.15, -0.1) is 0 Å². The molecule has 0 fully saturated rings. The summed E-state index contributed by atoms with van der Waals surface area (Å²) in [6, 6.07) is 3.04. The molecule has 1 rings (SSSR count). The topological polar surface area (TPSA) is 58.2 Å². The Balaban J connectivity index is 3.08. The van der Waals surface area contributed by atoms with Gasteiger partial charge in [0.1, 0.15) is 4.90 Å². The molecule has 0 aliphatic carbocycles. The van der Waals surface area contributed by atoms with Crippen LogP contribution in [0, 0.1) is 11.8 Å². The van der Waals surface area contributed by atoms with Crippen molar-refractivity contribution in [3.05, 3.63) is 27.7 Å². The van der Waals surface area contributed by atoms with Crippen LogP contribution in [0.15, 0.2) is 17.0 Å². The van der Waals surface area contributed by atoms with Crippen molar-refractivity contribution in [3.63, 3.8) is 0 Å². The minimum atomic E-state index is -3.68. The summed E-state index contributed by atoms with van der Waals surface area (Å²) in [5.41, 5.74) is 0.656. The SMILES string of the molecule is CNCc1cc(Cl)cc(S(=O)(=O)NCC(C)C(C)C)c1Cl. The quantitative estimate of drug-likeness (QED) is 0.791. The summed E-state index contributed by atoms with van der Waals surface area (Å²) in [7, 11) is -1.92. The molecule has 0 aliphatic heterocycles. The maximum atomic E-state index is 12.4. The van der Waals surface area contributed by atoms with Crippen LogP contribution in [0.2, 0.25) is 10.0 Å². The van der Waals surface area contributed by atoms with Gasteiger partial charge in [-0.25, -0.2) is 13.1 Å². The molecule has 0 saturated carbocycles. The lowest BCUT2D eigenvalue weighted by Gasteiger charge is -2.17. The Morgan fingerprint density at radius 1 is 1.19 bits per heavy atom. The molecule has 0 heterocycles. The van der Waals surface area contributed by atoms with Crippen molar-refractivity contribution < 1.29 is 8.42 Å². The molecule has 0 radical (unpaired) electrons. The highest BCUT2D eigenvalue weighted by atomic mass is 35.5. The summed E-state index contributed by atoms with van der Waals surface area (Å²) >= 11 is 12.2. The summed E-state index contributed by atoms with van der Waals surface area (Å²) in [4.78, 5) is 0.0258. The first-order valence-corrected chi connectivity index (χ1v) is 9.05. The zero-order valence-corrected chi connectivity index (χ0v) is 15.0. The van der Waals surface area contributed by atoms with E-state index in [2.05, 4.69) is 23.9 Å². The Morgan fingerprint density at radius 2 is 1.81 bits per heavy atom. The Morgan fingerprint density at radius 3 is 2.33 bits per heavy atom. The summed E-state index contributed by atoms with van der Waals surface area (Å²) in [6.45, 7) is 6.92. The largest absolute Gasteiger partial charge is 0.316 e. The fourth-order valence-electron chi connectivity index (χ4n) is 1.69. The van der Waals surface area contributed by atoms with E-state index >= 15 is 0 Å². The minimum Gasteiger partial charge on any atom is -0.316 e. The Labute approximate surface area is 137 Å². The highest BCUT2D eigenvalue weighted by Gasteiger charge is 2.22. The smallest absolute Gasteiger partial charge is 0.242 e. The number of halogens is 2. The second-order valence-electron chi connectivity index (χ2n) is 5.48. The molecule has 1 aromatic carbocycles. The number of hydrogen-bond acceptors (Lipinski definition) is 3. The fraction of sp³-hybridized carbons (Fsp3) is 0.571. The summed E-state index contributed by atoms with van der Waals surface area (Å²) < 4.78 is 27.4. The van der Waals surface area contributed by atoms with Gasteiger partial charge in [0.25, 0.3) is 0 Å². The van der Waals surface area contributed by atoms with Gasteiger partial charge in [-0.2, -0.15) is 0 Å². The van der Waals surface area contributed by atoms with E-state index in [-0.39, 0.29) is 15.8 Å². The van der Waals surface area contributed by atoms with Crippen molar-refractivity contribution in [3.8, 4) is 0 Å². The molecule has 21 heavy (non-hydrogen) atoms. The van der Waals surface area contributed by atoms with Crippen molar-refractivity contribution in [2.75, 3.05) is 13.6 Å². The lowest BCUT2D eigenvalue weighted by Crippen LogP contribution is -2.30. The predicted octanol–water partition coefficient (Wildman–Crippen LogP) is 3.28. The van der Waals surface area contributed by atoms with E-state index < -0.39 is 10.0 Å². The van der Waals surface area contributed by atoms with Crippen LogP contribution in [0.5, 0.6) is 0 Å². The van der Waals surface area contributed by atoms with Gasteiger partial charge in [0.15, 0.2) is 0 Å². The van der Waals surface area contributed by atoms with Crippen LogP contribution in [0.25, 0.3) is 0 Å². The first kappa shape index (κ1) is 18.7. The van der Waals surface area contributed by atoms with E-state index in [1.165, 1.54) is 6.07 Å². The van der Waals surface area contributed by atoms with E-state index in [0.29, 0.717) is 29.6 Å². The molecule has 0 spiro atoms. The maximum Gasteiger partial charge on any atom is 0.242 e. The molecule has 2 N–H and O–H groups in total. The molecule has 0 saturated heterocycles. The lowest BCUT2D eigenvalue weighted by atomic mass is 9.99. The van der Waals surface area contributed by atoms with Gasteiger partial charge in [0.05, 0.1) is 5.02 Å². The second-order valence-corrected chi connectivity index (χ2v) is 8.03. The van der Waals surface area contributed by atoms with Gasteiger partial charge in [0.2, 0.25) is 10.0 Å². The molecule has 0 bridgehead atoms. The molecule has 7 heteroatoms. The molecule has 1 aromatic rings. The van der Waals surface area contributed by atoms with Gasteiger partial charge in [0, 0.05) is 18.1 Å². The van der Waals surface area contributed by atoms with Gasteiger partial charge in [-0.3, -0.25) is 0 Å². The van der Waals surface area contributed by atoms with Crippen molar-refractivity contribution in [2.24, 2.45) is 11.8 Å². The minimum absolute atomic E-state index is 0.0258. The predicted molar refractivity (Wildman–Crippen MR) is 88.4 cm³/mol. The number of rotatable bonds is 7. The number of nitrogens with one attached hydrogen (secondary N) is 2. The Hall–Kier alpha value is -0.330. The van der Waals surface area contributed by atoms with Crippen LogP contribution in [0.3, 0.4) is 0 Å². The van der Waals surface area contributed by atoms with E-state index in [4.69, 9.17) is 23.2 Å². The number of hydrogen-bond donors (Lipinski definition) is 2. The summed E-state index contributed by atoms with van der Waals surface area (Å²) in [5, 5.41) is 3.49. The molecule has 0 amide bonds. The molecular formula is C14H22Cl2N2O2S. The molecule has 120 valence electrons. The van der Waals surface area contributed by atoms with Crippen LogP contribution in [-0.4, -0.2) is 22.0 Å². The van der Waals surface area contributed by atoms with Crippen molar-refractivity contribution in [1.82, 2.24) is 10.0 Å². The monoisotopic (exact) mass is 352 g/mol. The van der Waals surface area contributed by atoms with E-state index in [1.807, 2.05) is 6.92 Å². The van der Waals surface area contributed by atoms with Gasteiger partial charge < -0.3 is 5.32 Å². The second kappa shape index (κ2) is 7.79. The molecular weight excluding hydrogens is 331 g/mol. The zero-order valence-electron chi connectivity index (χ0n) is 12.7. The van der Waals surface area contributed by atoms with Crippen LogP contribution in [0.4, 0.5) is 0 Å². The van der Waals surface area contributed by atoms with Crippen molar-refractivity contribution in [2.45, 2.75) is 32.2 Å². The normalized spacial score (nSPS) is 13.7. The summed E-state index contributed by atoms with van der Waals surface area (Å²) in [6.07, 6.45) is 0. The standard InChI is InChI=1S/C14H22Cl2N2O2S/c1-9(2)10(3)7-18-21(19,20)13-6-12(15)5-11(8-17-4)14(13)16/h5-6,9-10,17-18H,7-8H2,1-4H3. The highest BCUT2D eigenvalue weighted by molar-refractivity contribution is 7.89. The third-order valence-electron chi connectivity index (χ3n) is 3.47. The lowest BCUT2D eigenvalue weighted by molar-refractivity contribution is 0.414. The first-order valence-electron chi connectivity index (χ1n) is 6.81. The van der Waals surface area contributed by atoms with Gasteiger partial charge in [-0.1, -0.05) is 44.0 Å². The molecule has 4 nitrogen and oxygen atoms in total. The molecule has 0 aliphatic rings. The molecule has 1 unspecified atom stereocenters. The van der Waals surface area contributed by atoms with E-state index in [9.17, 15) is 8.42 Å². The van der Waals surface area contributed by atoms with Crippen molar-refractivity contribution in [1.29, 1.82) is 0 Å². The Kier molecular flexibility index (Phi) is 6.94. The highest BCUT2D eigenvalue weighted by Crippen LogP contribution is 2.29. The Bertz CT molecular complexity index is 589. The van der Waals surface area contributed by atoms with Gasteiger partial charge in [-0.05, 0) is 36.6 Å². The van der Waals surface area contributed by atoms with E-state index in [0.717, 1.165) is 0 Å². The van der Waals surface area contributed by atoms with Crippen LogP contribution in [0.1, 0.15) is 26.3 Å².